The van der Waals surface area contributed by atoms with Crippen molar-refractivity contribution in [2.24, 2.45) is 0 Å². The van der Waals surface area contributed by atoms with Crippen LogP contribution in [-0.4, -0.2) is 30.3 Å². The second-order valence-corrected chi connectivity index (χ2v) is 5.07. The first kappa shape index (κ1) is 16.7. The van der Waals surface area contributed by atoms with E-state index in [1.165, 1.54) is 30.1 Å². The van der Waals surface area contributed by atoms with Crippen LogP contribution in [0.5, 0.6) is 5.75 Å². The van der Waals surface area contributed by atoms with Crippen LogP contribution in [0.4, 0.5) is 16.2 Å². The molecule has 116 valence electrons. The molecular formula is C14H20N2O5. The van der Waals surface area contributed by atoms with Gasteiger partial charge >= 0.3 is 6.09 Å². The van der Waals surface area contributed by atoms with E-state index in [4.69, 9.17) is 9.47 Å². The van der Waals surface area contributed by atoms with E-state index in [2.05, 4.69) is 0 Å². The molecule has 7 heteroatoms. The third-order valence-corrected chi connectivity index (χ3v) is 2.49. The Morgan fingerprint density at radius 2 is 1.86 bits per heavy atom. The molecule has 1 aromatic rings. The minimum Gasteiger partial charge on any atom is -0.489 e. The highest BCUT2D eigenvalue weighted by Crippen LogP contribution is 2.33. The summed E-state index contributed by atoms with van der Waals surface area (Å²) in [4.78, 5) is 23.5. The lowest BCUT2D eigenvalue weighted by atomic mass is 10.2. The summed E-state index contributed by atoms with van der Waals surface area (Å²) in [7, 11) is 1.48. The van der Waals surface area contributed by atoms with Gasteiger partial charge in [0.15, 0.2) is 0 Å². The van der Waals surface area contributed by atoms with Crippen molar-refractivity contribution in [2.45, 2.75) is 39.9 Å². The van der Waals surface area contributed by atoms with Crippen molar-refractivity contribution in [2.75, 3.05) is 11.9 Å². The molecule has 0 heterocycles. The molecule has 0 fully saturated rings. The summed E-state index contributed by atoms with van der Waals surface area (Å²) in [5, 5.41) is 10.9. The molecular weight excluding hydrogens is 276 g/mol. The number of nitro benzene ring substituents is 1. The average Bonchev–Trinajstić information content (AvgIpc) is 2.36. The fourth-order valence-electron chi connectivity index (χ4n) is 1.61. The molecule has 0 aliphatic rings. The second-order valence-electron chi connectivity index (χ2n) is 5.07. The summed E-state index contributed by atoms with van der Waals surface area (Å²) in [5.74, 6) is 0.388. The van der Waals surface area contributed by atoms with Crippen molar-refractivity contribution in [1.82, 2.24) is 0 Å². The fraction of sp³-hybridized carbons (Fsp3) is 0.500. The molecule has 21 heavy (non-hydrogen) atoms. The number of benzene rings is 1. The Morgan fingerprint density at radius 1 is 1.24 bits per heavy atom. The standard InChI is InChI=1S/C14H20N2O5/c1-9(2)20-13-7-6-11(16(18)19)8-12(13)15(5)14(17)21-10(3)4/h6-10H,1-5H3. The number of nitrogens with zero attached hydrogens (tertiary/aromatic N) is 2. The number of rotatable bonds is 5. The van der Waals surface area contributed by atoms with Gasteiger partial charge in [0.1, 0.15) is 5.75 Å². The number of carbonyl (C=O) groups excluding carboxylic acids is 1. The van der Waals surface area contributed by atoms with Gasteiger partial charge in [-0.25, -0.2) is 4.79 Å². The Labute approximate surface area is 123 Å². The first-order valence-electron chi connectivity index (χ1n) is 6.61. The number of ether oxygens (including phenoxy) is 2. The van der Waals surface area contributed by atoms with Gasteiger partial charge in [0.2, 0.25) is 0 Å². The van der Waals surface area contributed by atoms with Crippen LogP contribution >= 0.6 is 0 Å². The fourth-order valence-corrected chi connectivity index (χ4v) is 1.61. The van der Waals surface area contributed by atoms with Crippen LogP contribution in [0.15, 0.2) is 18.2 Å². The summed E-state index contributed by atoms with van der Waals surface area (Å²) < 4.78 is 10.7. The van der Waals surface area contributed by atoms with Crippen molar-refractivity contribution in [3.05, 3.63) is 28.3 Å². The molecule has 0 spiro atoms. The SMILES string of the molecule is CC(C)OC(=O)N(C)c1cc([N+](=O)[O-])ccc1OC(C)C. The van der Waals surface area contributed by atoms with Gasteiger partial charge in [-0.2, -0.15) is 0 Å². The molecule has 0 saturated carbocycles. The minimum atomic E-state index is -0.598. The van der Waals surface area contributed by atoms with E-state index in [1.54, 1.807) is 13.8 Å². The Bertz CT molecular complexity index is 528. The summed E-state index contributed by atoms with van der Waals surface area (Å²) in [6.45, 7) is 7.12. The van der Waals surface area contributed by atoms with Crippen LogP contribution < -0.4 is 9.64 Å². The van der Waals surface area contributed by atoms with Crippen LogP contribution in [0.1, 0.15) is 27.7 Å². The van der Waals surface area contributed by atoms with E-state index >= 15 is 0 Å². The summed E-state index contributed by atoms with van der Waals surface area (Å²) in [5.41, 5.74) is 0.175. The van der Waals surface area contributed by atoms with Gasteiger partial charge in [0, 0.05) is 19.2 Å². The first-order chi connectivity index (χ1) is 9.72. The smallest absolute Gasteiger partial charge is 0.414 e. The Balaban J connectivity index is 3.18. The summed E-state index contributed by atoms with van der Waals surface area (Å²) in [6, 6.07) is 4.11. The van der Waals surface area contributed by atoms with Crippen LogP contribution in [0, 0.1) is 10.1 Å². The molecule has 7 nitrogen and oxygen atoms in total. The number of hydrogen-bond donors (Lipinski definition) is 0. The van der Waals surface area contributed by atoms with Crippen LogP contribution in [0.3, 0.4) is 0 Å². The third kappa shape index (κ3) is 4.62. The highest BCUT2D eigenvalue weighted by Gasteiger charge is 2.21. The molecule has 0 bridgehead atoms. The third-order valence-electron chi connectivity index (χ3n) is 2.49. The predicted molar refractivity (Wildman–Crippen MR) is 78.9 cm³/mol. The van der Waals surface area contributed by atoms with Crippen LogP contribution in [0.2, 0.25) is 0 Å². The van der Waals surface area contributed by atoms with Crippen molar-refractivity contribution in [3.63, 3.8) is 0 Å². The summed E-state index contributed by atoms with van der Waals surface area (Å²) >= 11 is 0. The Morgan fingerprint density at radius 3 is 2.33 bits per heavy atom. The molecule has 1 rings (SSSR count). The topological polar surface area (TPSA) is 81.9 Å². The monoisotopic (exact) mass is 296 g/mol. The minimum absolute atomic E-state index is 0.120. The van der Waals surface area contributed by atoms with Gasteiger partial charge in [-0.05, 0) is 33.8 Å². The zero-order chi connectivity index (χ0) is 16.2. The zero-order valence-corrected chi connectivity index (χ0v) is 12.8. The number of carbonyl (C=O) groups is 1. The van der Waals surface area contributed by atoms with Crippen molar-refractivity contribution < 1.29 is 19.2 Å². The van der Waals surface area contributed by atoms with Gasteiger partial charge in [-0.3, -0.25) is 15.0 Å². The largest absolute Gasteiger partial charge is 0.489 e. The van der Waals surface area contributed by atoms with Gasteiger partial charge in [0.05, 0.1) is 22.8 Å². The van der Waals surface area contributed by atoms with Gasteiger partial charge in [-0.1, -0.05) is 0 Å². The van der Waals surface area contributed by atoms with E-state index in [0.29, 0.717) is 11.4 Å². The van der Waals surface area contributed by atoms with Crippen LogP contribution in [-0.2, 0) is 4.74 Å². The molecule has 1 aromatic carbocycles. The molecule has 0 aliphatic carbocycles. The summed E-state index contributed by atoms with van der Waals surface area (Å²) in [6.07, 6.45) is -1.01. The maximum Gasteiger partial charge on any atom is 0.414 e. The molecule has 0 unspecified atom stereocenters. The molecule has 0 radical (unpaired) electrons. The normalized spacial score (nSPS) is 10.6. The van der Waals surface area contributed by atoms with Gasteiger partial charge < -0.3 is 9.47 Å². The number of non-ortho nitro benzene ring substituents is 1. The molecule has 0 atom stereocenters. The lowest BCUT2D eigenvalue weighted by Gasteiger charge is -2.22. The predicted octanol–water partition coefficient (Wildman–Crippen LogP) is 3.36. The van der Waals surface area contributed by atoms with E-state index < -0.39 is 11.0 Å². The highest BCUT2D eigenvalue weighted by atomic mass is 16.6. The number of anilines is 1. The molecule has 0 saturated heterocycles. The van der Waals surface area contributed by atoms with Crippen molar-refractivity contribution in [3.8, 4) is 5.75 Å². The Kier molecular flexibility index (Phi) is 5.52. The quantitative estimate of drug-likeness (QED) is 0.614. The first-order valence-corrected chi connectivity index (χ1v) is 6.61. The van der Waals surface area contributed by atoms with Crippen molar-refractivity contribution >= 4 is 17.5 Å². The number of nitro groups is 1. The van der Waals surface area contributed by atoms with E-state index in [0.717, 1.165) is 0 Å². The van der Waals surface area contributed by atoms with E-state index in [1.807, 2.05) is 13.8 Å². The molecule has 1 amide bonds. The molecule has 0 aromatic heterocycles. The zero-order valence-electron chi connectivity index (χ0n) is 12.8. The highest BCUT2D eigenvalue weighted by molar-refractivity contribution is 5.89. The maximum absolute atomic E-state index is 12.0. The van der Waals surface area contributed by atoms with E-state index in [-0.39, 0.29) is 17.9 Å². The van der Waals surface area contributed by atoms with Gasteiger partial charge in [0.25, 0.3) is 5.69 Å². The lowest BCUT2D eigenvalue weighted by Crippen LogP contribution is -2.30. The maximum atomic E-state index is 12.0. The number of amides is 1. The second kappa shape index (κ2) is 6.92. The Hall–Kier alpha value is -2.31. The van der Waals surface area contributed by atoms with Gasteiger partial charge in [-0.15, -0.1) is 0 Å². The lowest BCUT2D eigenvalue weighted by molar-refractivity contribution is -0.384. The van der Waals surface area contributed by atoms with Crippen LogP contribution in [0.25, 0.3) is 0 Å². The van der Waals surface area contributed by atoms with Crippen molar-refractivity contribution in [1.29, 1.82) is 0 Å². The van der Waals surface area contributed by atoms with E-state index in [9.17, 15) is 14.9 Å². The molecule has 0 aliphatic heterocycles. The average molecular weight is 296 g/mol. The number of hydrogen-bond acceptors (Lipinski definition) is 5. The molecule has 0 N–H and O–H groups in total.